The van der Waals surface area contributed by atoms with Crippen molar-refractivity contribution in [1.29, 1.82) is 0 Å². The highest BCUT2D eigenvalue weighted by molar-refractivity contribution is 5.62. The molecule has 0 saturated heterocycles. The summed E-state index contributed by atoms with van der Waals surface area (Å²) in [5, 5.41) is 2.90. The molecule has 5 nitrogen and oxygen atoms in total. The third-order valence-electron chi connectivity index (χ3n) is 3.77. The summed E-state index contributed by atoms with van der Waals surface area (Å²) in [6.45, 7) is 3.70. The van der Waals surface area contributed by atoms with Gasteiger partial charge in [-0.25, -0.2) is 4.98 Å². The van der Waals surface area contributed by atoms with Crippen molar-refractivity contribution >= 4 is 11.6 Å². The first-order valence-electron chi connectivity index (χ1n) is 8.96. The molecule has 152 valence electrons. The van der Waals surface area contributed by atoms with E-state index in [-0.39, 0.29) is 18.7 Å². The number of nitrogens with one attached hydrogen (secondary N) is 1. The molecule has 0 aliphatic heterocycles. The molecule has 0 radical (unpaired) electrons. The van der Waals surface area contributed by atoms with Crippen molar-refractivity contribution in [2.75, 3.05) is 5.32 Å². The number of rotatable bonds is 7. The molecular weight excluding hydrogens is 383 g/mol. The first-order valence-corrected chi connectivity index (χ1v) is 8.96. The lowest BCUT2D eigenvalue weighted by molar-refractivity contribution is -0.139. The molecular formula is C21H20F3N3O2. The second-order valence-electron chi connectivity index (χ2n) is 6.47. The lowest BCUT2D eigenvalue weighted by Crippen LogP contribution is -2.13. The van der Waals surface area contributed by atoms with Gasteiger partial charge >= 0.3 is 6.18 Å². The van der Waals surface area contributed by atoms with E-state index in [2.05, 4.69) is 15.3 Å². The average molecular weight is 403 g/mol. The SMILES string of the molecule is CC(C)Oc1ccccc1Nc1ncc(C(F)(F)F)c(OCc2ccccc2)n1. The van der Waals surface area contributed by atoms with Gasteiger partial charge in [-0.1, -0.05) is 42.5 Å². The Balaban J connectivity index is 1.87. The summed E-state index contributed by atoms with van der Waals surface area (Å²) in [6, 6.07) is 15.9. The average Bonchev–Trinajstić information content (AvgIpc) is 2.67. The number of benzene rings is 2. The zero-order chi connectivity index (χ0) is 20.9. The lowest BCUT2D eigenvalue weighted by Gasteiger charge is -2.16. The molecule has 3 aromatic rings. The fraction of sp³-hybridized carbons (Fsp3) is 0.238. The molecule has 1 N–H and O–H groups in total. The quantitative estimate of drug-likeness (QED) is 0.556. The molecule has 0 fully saturated rings. The summed E-state index contributed by atoms with van der Waals surface area (Å²) in [6.07, 6.45) is -4.00. The van der Waals surface area contributed by atoms with Gasteiger partial charge in [-0.15, -0.1) is 0 Å². The van der Waals surface area contributed by atoms with Crippen molar-refractivity contribution in [2.24, 2.45) is 0 Å². The maximum absolute atomic E-state index is 13.3. The second-order valence-corrected chi connectivity index (χ2v) is 6.47. The van der Waals surface area contributed by atoms with E-state index in [1.807, 2.05) is 19.9 Å². The Bertz CT molecular complexity index is 947. The largest absolute Gasteiger partial charge is 0.489 e. The minimum absolute atomic E-state index is 0.0270. The van der Waals surface area contributed by atoms with Crippen LogP contribution < -0.4 is 14.8 Å². The molecule has 29 heavy (non-hydrogen) atoms. The van der Waals surface area contributed by atoms with Crippen LogP contribution in [0.3, 0.4) is 0 Å². The topological polar surface area (TPSA) is 56.3 Å². The third kappa shape index (κ3) is 5.60. The Hall–Kier alpha value is -3.29. The summed E-state index contributed by atoms with van der Waals surface area (Å²) in [5.41, 5.74) is 0.227. The summed E-state index contributed by atoms with van der Waals surface area (Å²) >= 11 is 0. The van der Waals surface area contributed by atoms with Crippen molar-refractivity contribution in [3.8, 4) is 11.6 Å². The van der Waals surface area contributed by atoms with Gasteiger partial charge < -0.3 is 14.8 Å². The molecule has 1 heterocycles. The minimum atomic E-state index is -4.64. The molecule has 0 bridgehead atoms. The molecule has 0 aliphatic carbocycles. The van der Waals surface area contributed by atoms with Crippen molar-refractivity contribution in [3.63, 3.8) is 0 Å². The highest BCUT2D eigenvalue weighted by atomic mass is 19.4. The maximum Gasteiger partial charge on any atom is 0.423 e. The van der Waals surface area contributed by atoms with Crippen LogP contribution in [0.25, 0.3) is 0 Å². The van der Waals surface area contributed by atoms with Gasteiger partial charge in [0.15, 0.2) is 0 Å². The second kappa shape index (κ2) is 8.81. The van der Waals surface area contributed by atoms with Crippen LogP contribution in [0.15, 0.2) is 60.8 Å². The van der Waals surface area contributed by atoms with Gasteiger partial charge in [0.25, 0.3) is 0 Å². The molecule has 0 atom stereocenters. The van der Waals surface area contributed by atoms with Crippen molar-refractivity contribution in [1.82, 2.24) is 9.97 Å². The molecule has 3 rings (SSSR count). The number of para-hydroxylation sites is 2. The highest BCUT2D eigenvalue weighted by Crippen LogP contribution is 2.36. The first kappa shape index (κ1) is 20.4. The van der Waals surface area contributed by atoms with E-state index in [1.165, 1.54) is 0 Å². The summed E-state index contributed by atoms with van der Waals surface area (Å²) in [4.78, 5) is 7.75. The summed E-state index contributed by atoms with van der Waals surface area (Å²) in [5.74, 6) is -0.0280. The van der Waals surface area contributed by atoms with Crippen LogP contribution in [0.2, 0.25) is 0 Å². The number of halogens is 3. The van der Waals surface area contributed by atoms with Crippen LogP contribution in [0.4, 0.5) is 24.8 Å². The fourth-order valence-electron chi connectivity index (χ4n) is 2.50. The minimum Gasteiger partial charge on any atom is -0.489 e. The Kier molecular flexibility index (Phi) is 6.21. The van der Waals surface area contributed by atoms with Crippen molar-refractivity contribution in [3.05, 3.63) is 71.9 Å². The van der Waals surface area contributed by atoms with E-state index in [1.54, 1.807) is 48.5 Å². The van der Waals surface area contributed by atoms with Crippen LogP contribution in [0.1, 0.15) is 25.0 Å². The van der Waals surface area contributed by atoms with Crippen LogP contribution in [-0.4, -0.2) is 16.1 Å². The molecule has 0 unspecified atom stereocenters. The molecule has 0 aliphatic rings. The highest BCUT2D eigenvalue weighted by Gasteiger charge is 2.36. The maximum atomic E-state index is 13.3. The normalized spacial score (nSPS) is 11.4. The monoisotopic (exact) mass is 403 g/mol. The van der Waals surface area contributed by atoms with E-state index >= 15 is 0 Å². The Morgan fingerprint density at radius 2 is 1.69 bits per heavy atom. The number of hydrogen-bond donors (Lipinski definition) is 1. The number of anilines is 2. The van der Waals surface area contributed by atoms with E-state index in [0.717, 1.165) is 5.56 Å². The molecule has 8 heteroatoms. The summed E-state index contributed by atoms with van der Waals surface area (Å²) in [7, 11) is 0. The number of ether oxygens (including phenoxy) is 2. The van der Waals surface area contributed by atoms with E-state index in [9.17, 15) is 13.2 Å². The number of aromatic nitrogens is 2. The molecule has 2 aromatic carbocycles. The van der Waals surface area contributed by atoms with E-state index < -0.39 is 17.6 Å². The fourth-order valence-corrected chi connectivity index (χ4v) is 2.50. The van der Waals surface area contributed by atoms with Gasteiger partial charge in [-0.3, -0.25) is 0 Å². The number of nitrogens with zero attached hydrogens (tertiary/aromatic N) is 2. The van der Waals surface area contributed by atoms with Crippen molar-refractivity contribution < 1.29 is 22.6 Å². The standard InChI is InChI=1S/C21H20F3N3O2/c1-14(2)29-18-11-7-6-10-17(18)26-20-25-12-16(21(22,23)24)19(27-20)28-13-15-8-4-3-5-9-15/h3-12,14H,13H2,1-2H3,(H,25,26,27). The van der Waals surface area contributed by atoms with Gasteiger partial charge in [-0.05, 0) is 31.5 Å². The first-order chi connectivity index (χ1) is 13.8. The van der Waals surface area contributed by atoms with Crippen LogP contribution >= 0.6 is 0 Å². The van der Waals surface area contributed by atoms with Gasteiger partial charge in [0, 0.05) is 6.20 Å². The van der Waals surface area contributed by atoms with Crippen molar-refractivity contribution in [2.45, 2.75) is 32.7 Å². The van der Waals surface area contributed by atoms with Gasteiger partial charge in [0.05, 0.1) is 11.8 Å². The van der Waals surface area contributed by atoms with E-state index in [4.69, 9.17) is 9.47 Å². The Morgan fingerprint density at radius 3 is 2.38 bits per heavy atom. The smallest absolute Gasteiger partial charge is 0.423 e. The Labute approximate surface area is 166 Å². The molecule has 0 spiro atoms. The molecule has 1 aromatic heterocycles. The van der Waals surface area contributed by atoms with Gasteiger partial charge in [0.2, 0.25) is 11.8 Å². The van der Waals surface area contributed by atoms with Crippen LogP contribution in [0, 0.1) is 0 Å². The zero-order valence-corrected chi connectivity index (χ0v) is 15.9. The lowest BCUT2D eigenvalue weighted by atomic mass is 10.2. The van der Waals surface area contributed by atoms with Crippen LogP contribution in [-0.2, 0) is 12.8 Å². The van der Waals surface area contributed by atoms with E-state index in [0.29, 0.717) is 17.6 Å². The molecule has 0 amide bonds. The third-order valence-corrected chi connectivity index (χ3v) is 3.77. The summed E-state index contributed by atoms with van der Waals surface area (Å²) < 4.78 is 51.1. The van der Waals surface area contributed by atoms with Gasteiger partial charge in [0.1, 0.15) is 17.9 Å². The van der Waals surface area contributed by atoms with Gasteiger partial charge in [-0.2, -0.15) is 18.2 Å². The van der Waals surface area contributed by atoms with Crippen LogP contribution in [0.5, 0.6) is 11.6 Å². The predicted octanol–water partition coefficient (Wildman–Crippen LogP) is 5.61. The molecule has 0 saturated carbocycles. The number of alkyl halides is 3. The predicted molar refractivity (Wildman–Crippen MR) is 103 cm³/mol. The number of hydrogen-bond acceptors (Lipinski definition) is 5. The Morgan fingerprint density at radius 1 is 1.00 bits per heavy atom. The zero-order valence-electron chi connectivity index (χ0n) is 15.9.